The van der Waals surface area contributed by atoms with E-state index < -0.39 is 0 Å². The van der Waals surface area contributed by atoms with Crippen LogP contribution in [0.5, 0.6) is 0 Å². The molecule has 0 unspecified atom stereocenters. The van der Waals surface area contributed by atoms with Crippen molar-refractivity contribution in [3.8, 4) is 0 Å². The van der Waals surface area contributed by atoms with E-state index in [4.69, 9.17) is 0 Å². The molecule has 0 aliphatic carbocycles. The number of amides is 1. The topological polar surface area (TPSA) is 66.9 Å². The molecule has 1 aromatic heterocycles. The van der Waals surface area contributed by atoms with Crippen LogP contribution in [-0.4, -0.2) is 22.4 Å². The summed E-state index contributed by atoms with van der Waals surface area (Å²) in [4.78, 5) is 20.3. The lowest BCUT2D eigenvalue weighted by atomic mass is 10.1. The standard InChI is InChI=1S/C17H22N4O/c1-11(2)9-18-17(22)14-8-15(20-10-19-14)21-16-12(3)6-5-7-13(16)4/h5-8,10-11H,9H2,1-4H3,(H,18,22)(H,19,20,21). The normalized spacial score (nSPS) is 10.6. The molecule has 116 valence electrons. The highest BCUT2D eigenvalue weighted by atomic mass is 16.1. The van der Waals surface area contributed by atoms with Crippen molar-refractivity contribution < 1.29 is 4.79 Å². The Morgan fingerprint density at radius 1 is 1.18 bits per heavy atom. The summed E-state index contributed by atoms with van der Waals surface area (Å²) in [5.41, 5.74) is 3.63. The van der Waals surface area contributed by atoms with Gasteiger partial charge in [0.1, 0.15) is 17.8 Å². The second kappa shape index (κ2) is 7.02. The minimum Gasteiger partial charge on any atom is -0.350 e. The Hall–Kier alpha value is -2.43. The Kier molecular flexibility index (Phi) is 5.09. The van der Waals surface area contributed by atoms with E-state index in [0.717, 1.165) is 16.8 Å². The van der Waals surface area contributed by atoms with Crippen LogP contribution in [0.3, 0.4) is 0 Å². The van der Waals surface area contributed by atoms with Crippen LogP contribution in [0.2, 0.25) is 0 Å². The molecule has 0 aliphatic rings. The van der Waals surface area contributed by atoms with Crippen molar-refractivity contribution in [2.45, 2.75) is 27.7 Å². The van der Waals surface area contributed by atoms with Crippen molar-refractivity contribution >= 4 is 17.4 Å². The van der Waals surface area contributed by atoms with Crippen molar-refractivity contribution in [3.63, 3.8) is 0 Å². The van der Waals surface area contributed by atoms with Gasteiger partial charge in [-0.3, -0.25) is 4.79 Å². The third-order valence-electron chi connectivity index (χ3n) is 3.30. The fourth-order valence-corrected chi connectivity index (χ4v) is 2.08. The molecule has 0 aliphatic heterocycles. The molecular weight excluding hydrogens is 276 g/mol. The van der Waals surface area contributed by atoms with Crippen molar-refractivity contribution in [2.24, 2.45) is 5.92 Å². The molecule has 2 aromatic rings. The maximum absolute atomic E-state index is 12.1. The number of para-hydroxylation sites is 1. The summed E-state index contributed by atoms with van der Waals surface area (Å²) in [5.74, 6) is 0.834. The number of nitrogens with zero attached hydrogens (tertiary/aromatic N) is 2. The molecular formula is C17H22N4O. The molecule has 2 rings (SSSR count). The second-order valence-corrected chi connectivity index (χ2v) is 5.78. The van der Waals surface area contributed by atoms with Gasteiger partial charge in [0.05, 0.1) is 0 Å². The molecule has 5 heteroatoms. The van der Waals surface area contributed by atoms with E-state index in [1.807, 2.05) is 45.9 Å². The fraction of sp³-hybridized carbons (Fsp3) is 0.353. The lowest BCUT2D eigenvalue weighted by Gasteiger charge is -2.12. The van der Waals surface area contributed by atoms with E-state index in [1.54, 1.807) is 6.07 Å². The number of hydrogen-bond donors (Lipinski definition) is 2. The minimum absolute atomic E-state index is 0.180. The molecule has 22 heavy (non-hydrogen) atoms. The van der Waals surface area contributed by atoms with E-state index in [1.165, 1.54) is 6.33 Å². The first-order chi connectivity index (χ1) is 10.5. The highest BCUT2D eigenvalue weighted by Gasteiger charge is 2.10. The summed E-state index contributed by atoms with van der Waals surface area (Å²) in [5, 5.41) is 6.12. The van der Waals surface area contributed by atoms with E-state index in [-0.39, 0.29) is 5.91 Å². The van der Waals surface area contributed by atoms with Gasteiger partial charge in [-0.05, 0) is 30.9 Å². The Morgan fingerprint density at radius 2 is 1.86 bits per heavy atom. The third-order valence-corrected chi connectivity index (χ3v) is 3.30. The molecule has 1 heterocycles. The molecule has 0 bridgehead atoms. The number of benzene rings is 1. The van der Waals surface area contributed by atoms with Crippen LogP contribution in [0.4, 0.5) is 11.5 Å². The lowest BCUT2D eigenvalue weighted by Crippen LogP contribution is -2.28. The summed E-state index contributed by atoms with van der Waals surface area (Å²) >= 11 is 0. The third kappa shape index (κ3) is 4.04. The van der Waals surface area contributed by atoms with E-state index in [0.29, 0.717) is 24.0 Å². The van der Waals surface area contributed by atoms with E-state index in [9.17, 15) is 4.79 Å². The van der Waals surface area contributed by atoms with Crippen molar-refractivity contribution in [3.05, 3.63) is 47.4 Å². The van der Waals surface area contributed by atoms with Crippen LogP contribution >= 0.6 is 0 Å². The van der Waals surface area contributed by atoms with Gasteiger partial charge in [0, 0.05) is 18.3 Å². The number of hydrogen-bond acceptors (Lipinski definition) is 4. The van der Waals surface area contributed by atoms with Gasteiger partial charge in [0.15, 0.2) is 0 Å². The quantitative estimate of drug-likeness (QED) is 0.889. The zero-order valence-electron chi connectivity index (χ0n) is 13.5. The maximum Gasteiger partial charge on any atom is 0.270 e. The number of rotatable bonds is 5. The molecule has 0 spiro atoms. The molecule has 1 aromatic carbocycles. The summed E-state index contributed by atoms with van der Waals surface area (Å²) in [6, 6.07) is 7.75. The second-order valence-electron chi connectivity index (χ2n) is 5.78. The predicted octanol–water partition coefficient (Wildman–Crippen LogP) is 3.22. The average Bonchev–Trinajstić information content (AvgIpc) is 2.49. The number of carbonyl (C=O) groups excluding carboxylic acids is 1. The highest BCUT2D eigenvalue weighted by molar-refractivity contribution is 5.93. The molecule has 5 nitrogen and oxygen atoms in total. The average molecular weight is 298 g/mol. The van der Waals surface area contributed by atoms with Crippen molar-refractivity contribution in [2.75, 3.05) is 11.9 Å². The Labute approximate surface area is 131 Å². The summed E-state index contributed by atoms with van der Waals surface area (Å²) in [6.45, 7) is 8.80. The first-order valence-electron chi connectivity index (χ1n) is 7.41. The number of anilines is 2. The monoisotopic (exact) mass is 298 g/mol. The molecule has 0 saturated carbocycles. The van der Waals surface area contributed by atoms with Crippen molar-refractivity contribution in [1.29, 1.82) is 0 Å². The van der Waals surface area contributed by atoms with Gasteiger partial charge in [-0.25, -0.2) is 9.97 Å². The molecule has 0 fully saturated rings. The Balaban J connectivity index is 2.17. The Morgan fingerprint density at radius 3 is 2.50 bits per heavy atom. The van der Waals surface area contributed by atoms with Crippen LogP contribution in [-0.2, 0) is 0 Å². The van der Waals surface area contributed by atoms with Gasteiger partial charge in [-0.15, -0.1) is 0 Å². The van der Waals surface area contributed by atoms with Gasteiger partial charge < -0.3 is 10.6 Å². The summed E-state index contributed by atoms with van der Waals surface area (Å²) < 4.78 is 0. The van der Waals surface area contributed by atoms with Gasteiger partial charge in [0.25, 0.3) is 5.91 Å². The van der Waals surface area contributed by atoms with Crippen LogP contribution in [0.1, 0.15) is 35.5 Å². The van der Waals surface area contributed by atoms with Crippen LogP contribution < -0.4 is 10.6 Å². The highest BCUT2D eigenvalue weighted by Crippen LogP contribution is 2.23. The van der Waals surface area contributed by atoms with Gasteiger partial charge in [-0.1, -0.05) is 32.0 Å². The van der Waals surface area contributed by atoms with E-state index >= 15 is 0 Å². The zero-order valence-corrected chi connectivity index (χ0v) is 13.5. The smallest absolute Gasteiger partial charge is 0.270 e. The first kappa shape index (κ1) is 15.9. The Bertz CT molecular complexity index is 647. The van der Waals surface area contributed by atoms with Gasteiger partial charge in [0.2, 0.25) is 0 Å². The van der Waals surface area contributed by atoms with Crippen LogP contribution in [0.15, 0.2) is 30.6 Å². The van der Waals surface area contributed by atoms with E-state index in [2.05, 4.69) is 20.6 Å². The zero-order chi connectivity index (χ0) is 16.1. The summed E-state index contributed by atoms with van der Waals surface area (Å²) in [7, 11) is 0. The maximum atomic E-state index is 12.1. The van der Waals surface area contributed by atoms with Crippen LogP contribution in [0, 0.1) is 19.8 Å². The fourth-order valence-electron chi connectivity index (χ4n) is 2.08. The minimum atomic E-state index is -0.180. The number of aromatic nitrogens is 2. The molecule has 2 N–H and O–H groups in total. The number of nitrogens with one attached hydrogen (secondary N) is 2. The largest absolute Gasteiger partial charge is 0.350 e. The molecule has 0 atom stereocenters. The summed E-state index contributed by atoms with van der Waals surface area (Å²) in [6.07, 6.45) is 1.40. The molecule has 0 saturated heterocycles. The molecule has 0 radical (unpaired) electrons. The SMILES string of the molecule is Cc1cccc(C)c1Nc1cc(C(=O)NCC(C)C)ncn1. The van der Waals surface area contributed by atoms with Crippen LogP contribution in [0.25, 0.3) is 0 Å². The lowest BCUT2D eigenvalue weighted by molar-refractivity contribution is 0.0944. The van der Waals surface area contributed by atoms with Gasteiger partial charge >= 0.3 is 0 Å². The first-order valence-corrected chi connectivity index (χ1v) is 7.41. The number of aryl methyl sites for hydroxylation is 2. The predicted molar refractivity (Wildman–Crippen MR) is 88.4 cm³/mol. The number of carbonyl (C=O) groups is 1. The molecule has 1 amide bonds. The van der Waals surface area contributed by atoms with Crippen molar-refractivity contribution in [1.82, 2.24) is 15.3 Å². The van der Waals surface area contributed by atoms with Gasteiger partial charge in [-0.2, -0.15) is 0 Å².